The Labute approximate surface area is 116 Å². The van der Waals surface area contributed by atoms with Crippen LogP contribution in [0.15, 0.2) is 36.8 Å². The predicted octanol–water partition coefficient (Wildman–Crippen LogP) is 3.55. The van der Waals surface area contributed by atoms with Crippen LogP contribution in [-0.2, 0) is 0 Å². The minimum absolute atomic E-state index is 0.442. The molecule has 1 saturated carbocycles. The third kappa shape index (κ3) is 2.42. The van der Waals surface area contributed by atoms with Crippen LogP contribution in [0.4, 0.5) is 5.69 Å². The zero-order valence-corrected chi connectivity index (χ0v) is 11.0. The molecule has 3 rings (SSSR count). The van der Waals surface area contributed by atoms with E-state index in [1.165, 1.54) is 0 Å². The lowest BCUT2D eigenvalue weighted by Crippen LogP contribution is -2.13. The average molecular weight is 273 g/mol. The average Bonchev–Trinajstić information content (AvgIpc) is 3.16. The molecule has 96 valence electrons. The van der Waals surface area contributed by atoms with E-state index in [-0.39, 0.29) is 0 Å². The van der Waals surface area contributed by atoms with Gasteiger partial charge in [-0.15, -0.1) is 0 Å². The first-order chi connectivity index (χ1) is 9.29. The number of hydrogen-bond acceptors (Lipinski definition) is 3. The van der Waals surface area contributed by atoms with Crippen LogP contribution in [0.3, 0.4) is 0 Å². The fraction of sp³-hybridized carbons (Fsp3) is 0.286. The van der Waals surface area contributed by atoms with Gasteiger partial charge in [0.05, 0.1) is 35.0 Å². The lowest BCUT2D eigenvalue weighted by Gasteiger charge is -2.15. The Kier molecular flexibility index (Phi) is 3.14. The van der Waals surface area contributed by atoms with Gasteiger partial charge in [-0.1, -0.05) is 23.7 Å². The highest BCUT2D eigenvalue weighted by Crippen LogP contribution is 2.37. The quantitative estimate of drug-likeness (QED) is 0.926. The summed E-state index contributed by atoms with van der Waals surface area (Å²) in [6.45, 7) is 0. The van der Waals surface area contributed by atoms with Crippen molar-refractivity contribution in [2.45, 2.75) is 24.9 Å². The fourth-order valence-corrected chi connectivity index (χ4v) is 2.29. The summed E-state index contributed by atoms with van der Waals surface area (Å²) in [7, 11) is 0. The molecular formula is C14H13ClN4. The SMILES string of the molecule is N#CC(Nc1ccccc1Cl)c1cncn1C1CC1. The Morgan fingerprint density at radius 2 is 2.21 bits per heavy atom. The molecule has 0 bridgehead atoms. The maximum Gasteiger partial charge on any atom is 0.156 e. The largest absolute Gasteiger partial charge is 0.364 e. The molecule has 1 aromatic heterocycles. The van der Waals surface area contributed by atoms with Gasteiger partial charge in [-0.25, -0.2) is 4.98 Å². The first-order valence-electron chi connectivity index (χ1n) is 6.22. The fourth-order valence-electron chi connectivity index (χ4n) is 2.10. The van der Waals surface area contributed by atoms with Crippen LogP contribution >= 0.6 is 11.6 Å². The number of anilines is 1. The molecular weight excluding hydrogens is 260 g/mol. The van der Waals surface area contributed by atoms with Crippen molar-refractivity contribution in [1.82, 2.24) is 9.55 Å². The summed E-state index contributed by atoms with van der Waals surface area (Å²) in [5.74, 6) is 0. The summed E-state index contributed by atoms with van der Waals surface area (Å²) in [5, 5.41) is 13.2. The zero-order valence-electron chi connectivity index (χ0n) is 10.3. The van der Waals surface area contributed by atoms with Gasteiger partial charge in [0, 0.05) is 6.04 Å². The monoisotopic (exact) mass is 272 g/mol. The number of nitriles is 1. The Hall–Kier alpha value is -1.99. The first-order valence-corrected chi connectivity index (χ1v) is 6.60. The number of aromatic nitrogens is 2. The molecule has 5 heteroatoms. The van der Waals surface area contributed by atoms with Gasteiger partial charge in [0.2, 0.25) is 0 Å². The third-order valence-electron chi connectivity index (χ3n) is 3.23. The van der Waals surface area contributed by atoms with Gasteiger partial charge in [-0.05, 0) is 25.0 Å². The van der Waals surface area contributed by atoms with Crippen LogP contribution < -0.4 is 5.32 Å². The summed E-state index contributed by atoms with van der Waals surface area (Å²) >= 11 is 6.11. The molecule has 1 N–H and O–H groups in total. The first kappa shape index (κ1) is 12.1. The van der Waals surface area contributed by atoms with E-state index < -0.39 is 6.04 Å². The summed E-state index contributed by atoms with van der Waals surface area (Å²) in [4.78, 5) is 4.16. The van der Waals surface area contributed by atoms with Gasteiger partial charge >= 0.3 is 0 Å². The van der Waals surface area contributed by atoms with Gasteiger partial charge < -0.3 is 9.88 Å². The Bertz CT molecular complexity index is 624. The van der Waals surface area contributed by atoms with E-state index in [2.05, 4.69) is 20.9 Å². The minimum Gasteiger partial charge on any atom is -0.364 e. The Morgan fingerprint density at radius 3 is 2.89 bits per heavy atom. The van der Waals surface area contributed by atoms with Gasteiger partial charge in [-0.3, -0.25) is 0 Å². The second kappa shape index (κ2) is 4.94. The highest BCUT2D eigenvalue weighted by molar-refractivity contribution is 6.33. The van der Waals surface area contributed by atoms with Crippen LogP contribution in [0.25, 0.3) is 0 Å². The van der Waals surface area contributed by atoms with Gasteiger partial charge in [0.1, 0.15) is 0 Å². The Morgan fingerprint density at radius 1 is 1.42 bits per heavy atom. The van der Waals surface area contributed by atoms with Crippen molar-refractivity contribution in [3.05, 3.63) is 47.5 Å². The molecule has 1 fully saturated rings. The van der Waals surface area contributed by atoms with Crippen LogP contribution in [0.1, 0.15) is 30.6 Å². The van der Waals surface area contributed by atoms with Gasteiger partial charge in [-0.2, -0.15) is 5.26 Å². The van der Waals surface area contributed by atoms with E-state index >= 15 is 0 Å². The summed E-state index contributed by atoms with van der Waals surface area (Å²) in [6, 6.07) is 9.75. The summed E-state index contributed by atoms with van der Waals surface area (Å²) in [6.07, 6.45) is 5.86. The molecule has 1 atom stereocenters. The lowest BCUT2D eigenvalue weighted by molar-refractivity contribution is 0.684. The molecule has 0 radical (unpaired) electrons. The molecule has 19 heavy (non-hydrogen) atoms. The van der Waals surface area contributed by atoms with Crippen molar-refractivity contribution in [3.63, 3.8) is 0 Å². The van der Waals surface area contributed by atoms with Crippen LogP contribution in [-0.4, -0.2) is 9.55 Å². The van der Waals surface area contributed by atoms with Gasteiger partial charge in [0.15, 0.2) is 6.04 Å². The normalized spacial score (nSPS) is 15.8. The van der Waals surface area contributed by atoms with E-state index in [0.717, 1.165) is 24.2 Å². The molecule has 0 saturated heterocycles. The van der Waals surface area contributed by atoms with Crippen molar-refractivity contribution >= 4 is 17.3 Å². The smallest absolute Gasteiger partial charge is 0.156 e. The second-order valence-corrected chi connectivity index (χ2v) is 5.05. The second-order valence-electron chi connectivity index (χ2n) is 4.64. The number of hydrogen-bond donors (Lipinski definition) is 1. The third-order valence-corrected chi connectivity index (χ3v) is 3.56. The maximum absolute atomic E-state index is 9.38. The van der Waals surface area contributed by atoms with Crippen molar-refractivity contribution in [1.29, 1.82) is 5.26 Å². The van der Waals surface area contributed by atoms with Crippen molar-refractivity contribution < 1.29 is 0 Å². The van der Waals surface area contributed by atoms with Crippen molar-refractivity contribution in [3.8, 4) is 6.07 Å². The number of rotatable bonds is 4. The molecule has 0 amide bonds. The van der Waals surface area contributed by atoms with E-state index in [9.17, 15) is 5.26 Å². The number of imidazole rings is 1. The topological polar surface area (TPSA) is 53.6 Å². The van der Waals surface area contributed by atoms with Crippen molar-refractivity contribution in [2.75, 3.05) is 5.32 Å². The molecule has 4 nitrogen and oxygen atoms in total. The minimum atomic E-state index is -0.442. The van der Waals surface area contributed by atoms with Crippen LogP contribution in [0, 0.1) is 11.3 Å². The summed E-state index contributed by atoms with van der Waals surface area (Å²) < 4.78 is 2.08. The number of benzene rings is 1. The number of nitrogens with one attached hydrogen (secondary N) is 1. The van der Waals surface area contributed by atoms with E-state index in [1.807, 2.05) is 18.2 Å². The summed E-state index contributed by atoms with van der Waals surface area (Å²) in [5.41, 5.74) is 1.66. The zero-order chi connectivity index (χ0) is 13.2. The van der Waals surface area contributed by atoms with Crippen LogP contribution in [0.2, 0.25) is 5.02 Å². The number of nitrogens with zero attached hydrogens (tertiary/aromatic N) is 3. The lowest BCUT2D eigenvalue weighted by atomic mass is 10.2. The van der Waals surface area contributed by atoms with E-state index in [0.29, 0.717) is 11.1 Å². The molecule has 1 unspecified atom stereocenters. The molecule has 1 aliphatic rings. The van der Waals surface area contributed by atoms with E-state index in [4.69, 9.17) is 11.6 Å². The molecule has 1 aromatic carbocycles. The molecule has 2 aromatic rings. The predicted molar refractivity (Wildman–Crippen MR) is 73.9 cm³/mol. The Balaban J connectivity index is 1.87. The highest BCUT2D eigenvalue weighted by Gasteiger charge is 2.28. The van der Waals surface area contributed by atoms with Gasteiger partial charge in [0.25, 0.3) is 0 Å². The highest BCUT2D eigenvalue weighted by atomic mass is 35.5. The standard InChI is InChI=1S/C14H13ClN4/c15-11-3-1-2-4-12(11)18-13(7-16)14-8-17-9-19(14)10-5-6-10/h1-4,8-10,13,18H,5-6H2. The maximum atomic E-state index is 9.38. The molecule has 1 aliphatic carbocycles. The molecule has 1 heterocycles. The van der Waals surface area contributed by atoms with Crippen LogP contribution in [0.5, 0.6) is 0 Å². The molecule has 0 aliphatic heterocycles. The number of para-hydroxylation sites is 1. The molecule has 0 spiro atoms. The van der Waals surface area contributed by atoms with E-state index in [1.54, 1.807) is 18.6 Å². The van der Waals surface area contributed by atoms with Crippen molar-refractivity contribution in [2.24, 2.45) is 0 Å². The number of halogens is 1.